The van der Waals surface area contributed by atoms with Crippen LogP contribution in [-0.4, -0.2) is 53.9 Å². The Hall–Kier alpha value is -1.14. The van der Waals surface area contributed by atoms with Crippen LogP contribution >= 0.6 is 11.6 Å². The highest BCUT2D eigenvalue weighted by Crippen LogP contribution is 2.29. The Balaban J connectivity index is 1.65. The topological polar surface area (TPSA) is 61.8 Å². The Morgan fingerprint density at radius 1 is 1.30 bits per heavy atom. The van der Waals surface area contributed by atoms with Gasteiger partial charge in [-0.15, -0.1) is 0 Å². The van der Waals surface area contributed by atoms with E-state index in [9.17, 15) is 9.90 Å². The molecular formula is C21H31ClN2O3. The standard InChI is InChI=1S/C21H31ClN2O3/c1-21(2)14-24(11-12-27-21)19(15-3-7-17(22)8-4-15)13-23-18-9-5-16(6-10-18)20(25)26/h3-4,7-8,16,18-19,23H,5-6,9-14H2,1-2H3,(H,25,26). The number of morpholine rings is 1. The van der Waals surface area contributed by atoms with E-state index in [0.717, 1.165) is 56.9 Å². The first-order valence-electron chi connectivity index (χ1n) is 9.94. The summed E-state index contributed by atoms with van der Waals surface area (Å²) in [4.78, 5) is 13.6. The Bertz CT molecular complexity index is 627. The van der Waals surface area contributed by atoms with Gasteiger partial charge in [-0.05, 0) is 57.2 Å². The summed E-state index contributed by atoms with van der Waals surface area (Å²) < 4.78 is 5.89. The third kappa shape index (κ3) is 5.67. The molecule has 1 aromatic carbocycles. The Morgan fingerprint density at radius 2 is 1.96 bits per heavy atom. The molecule has 1 atom stereocenters. The number of rotatable bonds is 6. The zero-order valence-corrected chi connectivity index (χ0v) is 17.0. The van der Waals surface area contributed by atoms with Crippen molar-refractivity contribution in [3.05, 3.63) is 34.9 Å². The van der Waals surface area contributed by atoms with Crippen molar-refractivity contribution < 1.29 is 14.6 Å². The second-order valence-electron chi connectivity index (χ2n) is 8.44. The minimum Gasteiger partial charge on any atom is -0.481 e. The molecule has 0 spiro atoms. The molecule has 1 aromatic rings. The second kappa shape index (κ2) is 8.91. The zero-order chi connectivity index (χ0) is 19.4. The summed E-state index contributed by atoms with van der Waals surface area (Å²) in [5, 5.41) is 13.6. The number of nitrogens with zero attached hydrogens (tertiary/aromatic N) is 1. The van der Waals surface area contributed by atoms with Crippen molar-refractivity contribution in [3.8, 4) is 0 Å². The molecule has 6 heteroatoms. The molecule has 2 N–H and O–H groups in total. The molecule has 2 fully saturated rings. The van der Waals surface area contributed by atoms with Crippen molar-refractivity contribution >= 4 is 17.6 Å². The third-order valence-corrected chi connectivity index (χ3v) is 6.08. The van der Waals surface area contributed by atoms with Gasteiger partial charge in [0.1, 0.15) is 0 Å². The average molecular weight is 395 g/mol. The molecule has 27 heavy (non-hydrogen) atoms. The highest BCUT2D eigenvalue weighted by atomic mass is 35.5. The Morgan fingerprint density at radius 3 is 2.56 bits per heavy atom. The predicted molar refractivity (Wildman–Crippen MR) is 107 cm³/mol. The van der Waals surface area contributed by atoms with Crippen molar-refractivity contribution in [1.82, 2.24) is 10.2 Å². The van der Waals surface area contributed by atoms with Gasteiger partial charge >= 0.3 is 5.97 Å². The molecule has 3 rings (SSSR count). The fourth-order valence-electron chi connectivity index (χ4n) is 4.28. The van der Waals surface area contributed by atoms with Crippen LogP contribution in [0.3, 0.4) is 0 Å². The van der Waals surface area contributed by atoms with Gasteiger partial charge in [0.25, 0.3) is 0 Å². The van der Waals surface area contributed by atoms with Crippen molar-refractivity contribution in [2.24, 2.45) is 5.92 Å². The molecular weight excluding hydrogens is 364 g/mol. The van der Waals surface area contributed by atoms with Gasteiger partial charge in [0.05, 0.1) is 18.1 Å². The number of ether oxygens (including phenoxy) is 1. The summed E-state index contributed by atoms with van der Waals surface area (Å²) in [6.45, 7) is 7.65. The van der Waals surface area contributed by atoms with Crippen LogP contribution in [0.4, 0.5) is 0 Å². The van der Waals surface area contributed by atoms with Gasteiger partial charge in [-0.1, -0.05) is 23.7 Å². The number of carboxylic acid groups (broad SMARTS) is 1. The quantitative estimate of drug-likeness (QED) is 0.769. The molecule has 1 aliphatic carbocycles. The van der Waals surface area contributed by atoms with Gasteiger partial charge in [-0.2, -0.15) is 0 Å². The largest absolute Gasteiger partial charge is 0.481 e. The van der Waals surface area contributed by atoms with Gasteiger partial charge in [0.2, 0.25) is 0 Å². The summed E-state index contributed by atoms with van der Waals surface area (Å²) in [6, 6.07) is 8.77. The van der Waals surface area contributed by atoms with E-state index in [4.69, 9.17) is 16.3 Å². The van der Waals surface area contributed by atoms with E-state index < -0.39 is 5.97 Å². The molecule has 1 aliphatic heterocycles. The van der Waals surface area contributed by atoms with Crippen LogP contribution in [0.1, 0.15) is 51.1 Å². The lowest BCUT2D eigenvalue weighted by atomic mass is 9.86. The van der Waals surface area contributed by atoms with Crippen LogP contribution in [0.15, 0.2) is 24.3 Å². The van der Waals surface area contributed by atoms with Gasteiger partial charge in [-0.25, -0.2) is 0 Å². The molecule has 2 aliphatic rings. The summed E-state index contributed by atoms with van der Waals surface area (Å²) in [5.41, 5.74) is 1.10. The van der Waals surface area contributed by atoms with E-state index in [1.807, 2.05) is 12.1 Å². The molecule has 1 saturated carbocycles. The number of hydrogen-bond donors (Lipinski definition) is 2. The molecule has 1 unspecified atom stereocenters. The van der Waals surface area contributed by atoms with E-state index in [-0.39, 0.29) is 17.6 Å². The average Bonchev–Trinajstić information content (AvgIpc) is 2.63. The molecule has 150 valence electrons. The van der Waals surface area contributed by atoms with E-state index in [1.54, 1.807) is 0 Å². The van der Waals surface area contributed by atoms with Crippen LogP contribution in [0.5, 0.6) is 0 Å². The Labute approximate surface area is 167 Å². The number of nitrogens with one attached hydrogen (secondary N) is 1. The number of benzene rings is 1. The van der Waals surface area contributed by atoms with Crippen molar-refractivity contribution in [1.29, 1.82) is 0 Å². The SMILES string of the molecule is CC1(C)CN(C(CNC2CCC(C(=O)O)CC2)c2ccc(Cl)cc2)CCO1. The van der Waals surface area contributed by atoms with Gasteiger partial charge in [-0.3, -0.25) is 9.69 Å². The van der Waals surface area contributed by atoms with E-state index in [0.29, 0.717) is 6.04 Å². The highest BCUT2D eigenvalue weighted by Gasteiger charge is 2.33. The number of halogens is 1. The lowest BCUT2D eigenvalue weighted by Gasteiger charge is -2.43. The number of carboxylic acids is 1. The van der Waals surface area contributed by atoms with Crippen molar-refractivity contribution in [3.63, 3.8) is 0 Å². The van der Waals surface area contributed by atoms with Crippen LogP contribution in [0, 0.1) is 5.92 Å². The van der Waals surface area contributed by atoms with E-state index >= 15 is 0 Å². The first-order valence-corrected chi connectivity index (χ1v) is 10.3. The fraction of sp³-hybridized carbons (Fsp3) is 0.667. The van der Waals surface area contributed by atoms with Crippen LogP contribution < -0.4 is 5.32 Å². The number of aliphatic carboxylic acids is 1. The molecule has 0 radical (unpaired) electrons. The number of hydrogen-bond acceptors (Lipinski definition) is 4. The zero-order valence-electron chi connectivity index (χ0n) is 16.3. The van der Waals surface area contributed by atoms with Crippen molar-refractivity contribution in [2.45, 2.75) is 57.2 Å². The smallest absolute Gasteiger partial charge is 0.306 e. The van der Waals surface area contributed by atoms with Gasteiger partial charge < -0.3 is 15.2 Å². The first kappa shape index (κ1) is 20.6. The van der Waals surface area contributed by atoms with Crippen LogP contribution in [0.25, 0.3) is 0 Å². The first-order chi connectivity index (χ1) is 12.8. The predicted octanol–water partition coefficient (Wildman–Crippen LogP) is 3.72. The highest BCUT2D eigenvalue weighted by molar-refractivity contribution is 6.30. The minimum atomic E-state index is -0.650. The molecule has 0 aromatic heterocycles. The maximum Gasteiger partial charge on any atom is 0.306 e. The molecule has 5 nitrogen and oxygen atoms in total. The third-order valence-electron chi connectivity index (χ3n) is 5.83. The maximum absolute atomic E-state index is 11.2. The summed E-state index contributed by atoms with van der Waals surface area (Å²) in [7, 11) is 0. The monoisotopic (exact) mass is 394 g/mol. The van der Waals surface area contributed by atoms with Crippen molar-refractivity contribution in [2.75, 3.05) is 26.2 Å². The van der Waals surface area contributed by atoms with Gasteiger partial charge in [0.15, 0.2) is 0 Å². The summed E-state index contributed by atoms with van der Waals surface area (Å²) in [6.07, 6.45) is 3.39. The molecule has 1 saturated heterocycles. The van der Waals surface area contributed by atoms with Crippen LogP contribution in [-0.2, 0) is 9.53 Å². The fourth-order valence-corrected chi connectivity index (χ4v) is 4.41. The maximum atomic E-state index is 11.2. The van der Waals surface area contributed by atoms with E-state index in [2.05, 4.69) is 36.2 Å². The summed E-state index contributed by atoms with van der Waals surface area (Å²) >= 11 is 6.09. The number of carbonyl (C=O) groups is 1. The van der Waals surface area contributed by atoms with Gasteiger partial charge in [0, 0.05) is 36.7 Å². The van der Waals surface area contributed by atoms with Crippen LogP contribution in [0.2, 0.25) is 5.02 Å². The summed E-state index contributed by atoms with van der Waals surface area (Å²) in [5.74, 6) is -0.821. The lowest BCUT2D eigenvalue weighted by Crippen LogP contribution is -2.52. The second-order valence-corrected chi connectivity index (χ2v) is 8.88. The normalized spacial score (nSPS) is 27.2. The lowest BCUT2D eigenvalue weighted by molar-refractivity contribution is -0.142. The molecule has 0 amide bonds. The molecule has 0 bridgehead atoms. The minimum absolute atomic E-state index is 0.150. The van der Waals surface area contributed by atoms with E-state index in [1.165, 1.54) is 5.56 Å². The molecule has 1 heterocycles. The Kier molecular flexibility index (Phi) is 6.79.